The van der Waals surface area contributed by atoms with Crippen LogP contribution in [-0.2, 0) is 0 Å². The standard InChI is InChI=1S/C23H19ClN6O4/c1-10-6-14(21-15(7-10)19(31)11(2)20(33-21)13-8-25-26-9-13)12(3)27-16-4-5-17(24)28-18(16)22-29-23(32)34-30-22/h4-9,12,27H,1-3H3,(H,25,26)(H,29,30,32)/t12-/m1/s1. The van der Waals surface area contributed by atoms with Gasteiger partial charge in [0, 0.05) is 17.3 Å². The fourth-order valence-corrected chi connectivity index (χ4v) is 4.06. The minimum Gasteiger partial charge on any atom is -0.455 e. The molecule has 10 nitrogen and oxygen atoms in total. The van der Waals surface area contributed by atoms with Crippen molar-refractivity contribution in [2.75, 3.05) is 5.32 Å². The minimum absolute atomic E-state index is 0.108. The summed E-state index contributed by atoms with van der Waals surface area (Å²) in [6, 6.07) is 6.79. The smallest absolute Gasteiger partial charge is 0.439 e. The highest BCUT2D eigenvalue weighted by atomic mass is 35.5. The Morgan fingerprint density at radius 3 is 2.71 bits per heavy atom. The number of hydrogen-bond donors (Lipinski definition) is 3. The number of H-pyrrole nitrogens is 2. The molecule has 0 bridgehead atoms. The van der Waals surface area contributed by atoms with Crippen LogP contribution in [0.4, 0.5) is 5.69 Å². The second-order valence-corrected chi connectivity index (χ2v) is 8.33. The Morgan fingerprint density at radius 1 is 1.18 bits per heavy atom. The molecule has 1 aromatic carbocycles. The van der Waals surface area contributed by atoms with Gasteiger partial charge >= 0.3 is 5.76 Å². The molecule has 0 amide bonds. The Bertz CT molecular complexity index is 1630. The van der Waals surface area contributed by atoms with Gasteiger partial charge in [0.1, 0.15) is 22.2 Å². The molecule has 0 spiro atoms. The lowest BCUT2D eigenvalue weighted by Gasteiger charge is -2.19. The topological polar surface area (TPSA) is 143 Å². The maximum absolute atomic E-state index is 13.2. The summed E-state index contributed by atoms with van der Waals surface area (Å²) in [5.74, 6) is -0.109. The zero-order valence-corrected chi connectivity index (χ0v) is 19.1. The predicted octanol–water partition coefficient (Wildman–Crippen LogP) is 4.36. The van der Waals surface area contributed by atoms with Gasteiger partial charge in [0.05, 0.1) is 28.9 Å². The van der Waals surface area contributed by atoms with Crippen LogP contribution in [0.25, 0.3) is 33.8 Å². The number of aromatic amines is 2. The largest absolute Gasteiger partial charge is 0.455 e. The van der Waals surface area contributed by atoms with Gasteiger partial charge in [-0.1, -0.05) is 22.8 Å². The molecule has 0 aliphatic carbocycles. The molecule has 0 unspecified atom stereocenters. The molecule has 3 N–H and O–H groups in total. The molecule has 0 aliphatic rings. The summed E-state index contributed by atoms with van der Waals surface area (Å²) in [5, 5.41) is 14.5. The molecule has 4 aromatic heterocycles. The van der Waals surface area contributed by atoms with Gasteiger partial charge in [0.25, 0.3) is 0 Å². The van der Waals surface area contributed by atoms with E-state index in [0.717, 1.165) is 11.1 Å². The molecule has 5 rings (SSSR count). The Morgan fingerprint density at radius 2 is 2.00 bits per heavy atom. The third-order valence-corrected chi connectivity index (χ3v) is 5.73. The van der Waals surface area contributed by atoms with Gasteiger partial charge < -0.3 is 9.73 Å². The molecule has 0 fully saturated rings. The van der Waals surface area contributed by atoms with Gasteiger partial charge in [-0.25, -0.2) is 9.78 Å². The van der Waals surface area contributed by atoms with Crippen LogP contribution in [0.5, 0.6) is 0 Å². The summed E-state index contributed by atoms with van der Waals surface area (Å²) in [6.07, 6.45) is 3.29. The highest BCUT2D eigenvalue weighted by Crippen LogP contribution is 2.33. The first-order valence-corrected chi connectivity index (χ1v) is 10.8. The minimum atomic E-state index is -0.704. The number of pyridine rings is 1. The SMILES string of the molecule is Cc1cc([C@@H](C)Nc2ccc(Cl)nc2-c2noc(=O)[nH]2)c2oc(-c3cn[nH]c3)c(C)c(=O)c2c1. The zero-order chi connectivity index (χ0) is 24.0. The Kier molecular flexibility index (Phi) is 5.29. The van der Waals surface area contributed by atoms with E-state index in [1.165, 1.54) is 0 Å². The lowest BCUT2D eigenvalue weighted by atomic mass is 9.99. The maximum Gasteiger partial charge on any atom is 0.439 e. The van der Waals surface area contributed by atoms with Crippen molar-refractivity contribution in [1.29, 1.82) is 0 Å². The van der Waals surface area contributed by atoms with Gasteiger partial charge in [0.15, 0.2) is 5.43 Å². The molecule has 0 saturated heterocycles. The molecular formula is C23H19ClN6O4. The third-order valence-electron chi connectivity index (χ3n) is 5.52. The summed E-state index contributed by atoms with van der Waals surface area (Å²) in [5.41, 5.74) is 4.10. The van der Waals surface area contributed by atoms with Crippen molar-refractivity contribution < 1.29 is 8.94 Å². The van der Waals surface area contributed by atoms with Gasteiger partial charge in [-0.2, -0.15) is 5.10 Å². The van der Waals surface area contributed by atoms with Crippen LogP contribution in [0, 0.1) is 13.8 Å². The van der Waals surface area contributed by atoms with E-state index in [2.05, 4.69) is 35.2 Å². The summed E-state index contributed by atoms with van der Waals surface area (Å²) in [6.45, 7) is 5.58. The number of halogens is 1. The molecule has 11 heteroatoms. The monoisotopic (exact) mass is 478 g/mol. The van der Waals surface area contributed by atoms with Crippen LogP contribution >= 0.6 is 11.6 Å². The van der Waals surface area contributed by atoms with Crippen molar-refractivity contribution in [2.24, 2.45) is 0 Å². The van der Waals surface area contributed by atoms with E-state index in [1.807, 2.05) is 26.0 Å². The van der Waals surface area contributed by atoms with Crippen LogP contribution in [0.3, 0.4) is 0 Å². The quantitative estimate of drug-likeness (QED) is 0.316. The van der Waals surface area contributed by atoms with E-state index in [1.54, 1.807) is 31.5 Å². The molecule has 34 heavy (non-hydrogen) atoms. The van der Waals surface area contributed by atoms with E-state index in [0.29, 0.717) is 39.2 Å². The second-order valence-electron chi connectivity index (χ2n) is 7.94. The summed E-state index contributed by atoms with van der Waals surface area (Å²) >= 11 is 6.08. The Hall–Kier alpha value is -4.18. The highest BCUT2D eigenvalue weighted by molar-refractivity contribution is 6.29. The number of anilines is 1. The van der Waals surface area contributed by atoms with E-state index < -0.39 is 5.76 Å². The van der Waals surface area contributed by atoms with Crippen molar-refractivity contribution in [1.82, 2.24) is 25.3 Å². The normalized spacial score (nSPS) is 12.2. The van der Waals surface area contributed by atoms with Crippen LogP contribution < -0.4 is 16.5 Å². The molecule has 5 aromatic rings. The van der Waals surface area contributed by atoms with Gasteiger partial charge in [0.2, 0.25) is 5.82 Å². The molecule has 172 valence electrons. The number of nitrogens with one attached hydrogen (secondary N) is 3. The lowest BCUT2D eigenvalue weighted by molar-refractivity contribution is 0.388. The number of aromatic nitrogens is 5. The number of rotatable bonds is 5. The highest BCUT2D eigenvalue weighted by Gasteiger charge is 2.21. The van der Waals surface area contributed by atoms with E-state index in [9.17, 15) is 9.59 Å². The summed E-state index contributed by atoms with van der Waals surface area (Å²) < 4.78 is 10.9. The fourth-order valence-electron chi connectivity index (χ4n) is 3.91. The number of hydrogen-bond acceptors (Lipinski definition) is 8. The predicted molar refractivity (Wildman–Crippen MR) is 127 cm³/mol. The summed E-state index contributed by atoms with van der Waals surface area (Å²) in [7, 11) is 0. The van der Waals surface area contributed by atoms with Gasteiger partial charge in [-0.05, 0) is 44.5 Å². The molecular weight excluding hydrogens is 460 g/mol. The van der Waals surface area contributed by atoms with Crippen molar-refractivity contribution in [3.05, 3.63) is 79.3 Å². The van der Waals surface area contributed by atoms with Crippen molar-refractivity contribution in [3.63, 3.8) is 0 Å². The first-order chi connectivity index (χ1) is 16.3. The molecule has 0 aliphatic heterocycles. The average molecular weight is 479 g/mol. The number of nitrogens with zero attached hydrogens (tertiary/aromatic N) is 3. The Labute approximate surface area is 197 Å². The number of benzene rings is 1. The van der Waals surface area contributed by atoms with Crippen molar-refractivity contribution in [2.45, 2.75) is 26.8 Å². The van der Waals surface area contributed by atoms with Crippen molar-refractivity contribution >= 4 is 28.3 Å². The molecule has 4 heterocycles. The van der Waals surface area contributed by atoms with Crippen LogP contribution in [0.2, 0.25) is 5.15 Å². The second kappa shape index (κ2) is 8.31. The van der Waals surface area contributed by atoms with Crippen LogP contribution in [-0.4, -0.2) is 25.3 Å². The van der Waals surface area contributed by atoms with Crippen LogP contribution in [0.1, 0.15) is 29.7 Å². The first-order valence-electron chi connectivity index (χ1n) is 10.4. The average Bonchev–Trinajstić information content (AvgIpc) is 3.49. The third kappa shape index (κ3) is 3.77. The van der Waals surface area contributed by atoms with Crippen molar-refractivity contribution in [3.8, 4) is 22.8 Å². The van der Waals surface area contributed by atoms with Crippen LogP contribution in [0.15, 0.2) is 55.2 Å². The molecule has 0 saturated carbocycles. The maximum atomic E-state index is 13.2. The van der Waals surface area contributed by atoms with E-state index in [4.69, 9.17) is 16.0 Å². The Balaban J connectivity index is 1.64. The number of fused-ring (bicyclic) bond motifs is 1. The van der Waals surface area contributed by atoms with E-state index in [-0.39, 0.29) is 22.4 Å². The summed E-state index contributed by atoms with van der Waals surface area (Å²) in [4.78, 5) is 31.5. The molecule has 1 atom stereocenters. The zero-order valence-electron chi connectivity index (χ0n) is 18.4. The van der Waals surface area contributed by atoms with Gasteiger partial charge in [-0.3, -0.25) is 19.4 Å². The number of aryl methyl sites for hydroxylation is 1. The molecule has 0 radical (unpaired) electrons. The fraction of sp³-hybridized carbons (Fsp3) is 0.174. The first kappa shape index (κ1) is 21.7. The van der Waals surface area contributed by atoms with Gasteiger partial charge in [-0.15, -0.1) is 0 Å². The lowest BCUT2D eigenvalue weighted by Crippen LogP contribution is -2.13. The van der Waals surface area contributed by atoms with E-state index >= 15 is 0 Å².